The average molecular weight is 453 g/mol. The van der Waals surface area contributed by atoms with Crippen LogP contribution in [0.1, 0.15) is 39.7 Å². The molecule has 2 aromatic heterocycles. The van der Waals surface area contributed by atoms with Gasteiger partial charge < -0.3 is 19.5 Å². The number of carbonyl (C=O) groups is 1. The van der Waals surface area contributed by atoms with E-state index in [2.05, 4.69) is 24.7 Å². The Labute approximate surface area is 192 Å². The number of hydrogen-bond donors (Lipinski definition) is 1. The molecule has 32 heavy (non-hydrogen) atoms. The molecule has 0 unspecified atom stereocenters. The number of hydrogen-bond acceptors (Lipinski definition) is 5. The van der Waals surface area contributed by atoms with Crippen LogP contribution < -0.4 is 5.32 Å². The third-order valence-corrected chi connectivity index (χ3v) is 5.67. The summed E-state index contributed by atoms with van der Waals surface area (Å²) < 4.78 is 7.65. The Bertz CT molecular complexity index is 1190. The number of carbonyl (C=O) groups excluding carboxylic acids is 1. The van der Waals surface area contributed by atoms with E-state index >= 15 is 0 Å². The van der Waals surface area contributed by atoms with Crippen LogP contribution in [0.15, 0.2) is 36.8 Å². The average Bonchev–Trinajstić information content (AvgIpc) is 3.19. The van der Waals surface area contributed by atoms with E-state index in [9.17, 15) is 4.79 Å². The first-order chi connectivity index (χ1) is 15.2. The van der Waals surface area contributed by atoms with Crippen molar-refractivity contribution in [2.24, 2.45) is 0 Å². The number of amides is 1. The predicted molar refractivity (Wildman–Crippen MR) is 125 cm³/mol. The van der Waals surface area contributed by atoms with Crippen LogP contribution in [0.5, 0.6) is 0 Å². The fourth-order valence-corrected chi connectivity index (χ4v) is 4.04. The maximum absolute atomic E-state index is 12.3. The second kappa shape index (κ2) is 8.67. The van der Waals surface area contributed by atoms with Crippen molar-refractivity contribution in [1.29, 1.82) is 0 Å². The lowest BCUT2D eigenvalue weighted by Crippen LogP contribution is -2.42. The van der Waals surface area contributed by atoms with Crippen LogP contribution in [0.3, 0.4) is 0 Å². The number of benzene rings is 1. The molecule has 0 aliphatic carbocycles. The second-order valence-corrected chi connectivity index (χ2v) is 9.19. The molecule has 1 N–H and O–H groups in total. The summed E-state index contributed by atoms with van der Waals surface area (Å²) in [6.07, 6.45) is 4.92. The van der Waals surface area contributed by atoms with Crippen LogP contribution in [-0.2, 0) is 4.74 Å². The van der Waals surface area contributed by atoms with E-state index in [-0.39, 0.29) is 12.1 Å². The van der Waals surface area contributed by atoms with Crippen LogP contribution in [0.25, 0.3) is 15.9 Å². The summed E-state index contributed by atoms with van der Waals surface area (Å²) >= 11 is 6.32. The Morgan fingerprint density at radius 3 is 2.66 bits per heavy atom. The number of nitrogens with zero attached hydrogens (tertiary/aromatic N) is 5. The smallest absolute Gasteiger partial charge is 0.410 e. The predicted octanol–water partition coefficient (Wildman–Crippen LogP) is 5.95. The van der Waals surface area contributed by atoms with Crippen molar-refractivity contribution in [3.05, 3.63) is 53.2 Å². The molecule has 166 valence electrons. The number of anilines is 2. The van der Waals surface area contributed by atoms with E-state index in [1.54, 1.807) is 23.1 Å². The van der Waals surface area contributed by atoms with Crippen LogP contribution in [-0.4, -0.2) is 44.2 Å². The second-order valence-electron chi connectivity index (χ2n) is 8.78. The van der Waals surface area contributed by atoms with Crippen molar-refractivity contribution in [2.75, 3.05) is 18.4 Å². The van der Waals surface area contributed by atoms with Gasteiger partial charge >= 0.3 is 6.09 Å². The molecule has 0 spiro atoms. The number of nitrogens with one attached hydrogen (secondary N) is 1. The lowest BCUT2D eigenvalue weighted by Gasteiger charge is -2.34. The highest BCUT2D eigenvalue weighted by molar-refractivity contribution is 6.33. The molecule has 1 amide bonds. The Balaban J connectivity index is 1.51. The van der Waals surface area contributed by atoms with Crippen molar-refractivity contribution in [3.8, 4) is 0 Å². The molecule has 1 fully saturated rings. The topological polar surface area (TPSA) is 76.6 Å². The van der Waals surface area contributed by atoms with Gasteiger partial charge in [-0.25, -0.2) is 19.6 Å². The quantitative estimate of drug-likeness (QED) is 0.497. The van der Waals surface area contributed by atoms with Gasteiger partial charge in [-0.1, -0.05) is 17.7 Å². The zero-order valence-corrected chi connectivity index (χ0v) is 19.1. The molecule has 0 saturated carbocycles. The molecule has 1 saturated heterocycles. The van der Waals surface area contributed by atoms with Gasteiger partial charge in [-0.2, -0.15) is 0 Å². The molecule has 3 aromatic rings. The Kier molecular flexibility index (Phi) is 5.94. The molecular formula is C23H25ClN6O2. The van der Waals surface area contributed by atoms with Gasteiger partial charge in [0.2, 0.25) is 0 Å². The van der Waals surface area contributed by atoms with Crippen LogP contribution >= 0.6 is 11.6 Å². The van der Waals surface area contributed by atoms with E-state index in [4.69, 9.17) is 22.9 Å². The monoisotopic (exact) mass is 452 g/mol. The third kappa shape index (κ3) is 4.63. The maximum atomic E-state index is 12.3. The van der Waals surface area contributed by atoms with Gasteiger partial charge in [0, 0.05) is 25.3 Å². The van der Waals surface area contributed by atoms with E-state index in [1.807, 2.05) is 33.0 Å². The zero-order valence-electron chi connectivity index (χ0n) is 18.3. The summed E-state index contributed by atoms with van der Waals surface area (Å²) in [5.74, 6) is 0.650. The van der Waals surface area contributed by atoms with Crippen LogP contribution in [0.4, 0.5) is 22.0 Å². The minimum Gasteiger partial charge on any atom is -0.444 e. The Hall–Kier alpha value is -3.31. The highest BCUT2D eigenvalue weighted by atomic mass is 35.5. The number of rotatable bonds is 3. The fourth-order valence-electron chi connectivity index (χ4n) is 3.82. The zero-order chi connectivity index (χ0) is 22.9. The van der Waals surface area contributed by atoms with E-state index in [0.29, 0.717) is 35.3 Å². The standard InChI is InChI=1S/C23H25ClN6O2/c1-23(2,3)32-22(31)29-10-7-16(8-11-29)30-12-9-17-20(26-14-27-21(17)30)28-19-6-5-15(25-4)13-18(19)24/h5-6,9,12-14,16H,7-8,10-11H2,1-3H3,(H,26,27,28). The van der Waals surface area contributed by atoms with E-state index in [1.165, 1.54) is 6.33 Å². The van der Waals surface area contributed by atoms with Gasteiger partial charge in [-0.15, -0.1) is 0 Å². The maximum Gasteiger partial charge on any atom is 0.410 e. The third-order valence-electron chi connectivity index (χ3n) is 5.35. The first-order valence-electron chi connectivity index (χ1n) is 10.5. The highest BCUT2D eigenvalue weighted by Gasteiger charge is 2.28. The molecule has 1 aromatic carbocycles. The summed E-state index contributed by atoms with van der Waals surface area (Å²) in [4.78, 5) is 26.4. The molecule has 1 aliphatic heterocycles. The van der Waals surface area contributed by atoms with Crippen LogP contribution in [0.2, 0.25) is 5.02 Å². The number of ether oxygens (including phenoxy) is 1. The summed E-state index contributed by atoms with van der Waals surface area (Å²) in [5, 5.41) is 4.60. The number of aromatic nitrogens is 3. The fraction of sp³-hybridized carbons (Fsp3) is 0.391. The molecule has 0 atom stereocenters. The van der Waals surface area contributed by atoms with Crippen molar-refractivity contribution in [2.45, 2.75) is 45.3 Å². The van der Waals surface area contributed by atoms with Gasteiger partial charge in [0.1, 0.15) is 23.4 Å². The van der Waals surface area contributed by atoms with E-state index in [0.717, 1.165) is 23.9 Å². The minimum atomic E-state index is -0.496. The van der Waals surface area contributed by atoms with Crippen LogP contribution in [0, 0.1) is 6.57 Å². The largest absolute Gasteiger partial charge is 0.444 e. The lowest BCUT2D eigenvalue weighted by atomic mass is 10.1. The summed E-state index contributed by atoms with van der Waals surface area (Å²) in [6.45, 7) is 14.0. The number of piperidine rings is 1. The molecule has 0 radical (unpaired) electrons. The molecule has 4 rings (SSSR count). The number of likely N-dealkylation sites (tertiary alicyclic amines) is 1. The molecule has 8 nitrogen and oxygen atoms in total. The van der Waals surface area contributed by atoms with Crippen molar-refractivity contribution < 1.29 is 9.53 Å². The first kappa shape index (κ1) is 21.9. The SMILES string of the molecule is [C-]#[N+]c1ccc(Nc2ncnc3c2ccn3C2CCN(C(=O)OC(C)(C)C)CC2)c(Cl)c1. The molecule has 0 bridgehead atoms. The lowest BCUT2D eigenvalue weighted by molar-refractivity contribution is 0.0189. The van der Waals surface area contributed by atoms with E-state index < -0.39 is 5.60 Å². The highest BCUT2D eigenvalue weighted by Crippen LogP contribution is 2.33. The van der Waals surface area contributed by atoms with Crippen molar-refractivity contribution in [1.82, 2.24) is 19.4 Å². The Morgan fingerprint density at radius 1 is 1.25 bits per heavy atom. The van der Waals surface area contributed by atoms with Gasteiger partial charge in [-0.05, 0) is 51.8 Å². The Morgan fingerprint density at radius 2 is 2.00 bits per heavy atom. The summed E-state index contributed by atoms with van der Waals surface area (Å²) in [5.41, 5.74) is 1.49. The number of halogens is 1. The minimum absolute atomic E-state index is 0.232. The van der Waals surface area contributed by atoms with Gasteiger partial charge in [0.25, 0.3) is 0 Å². The molecule has 9 heteroatoms. The first-order valence-corrected chi connectivity index (χ1v) is 10.9. The summed E-state index contributed by atoms with van der Waals surface area (Å²) in [7, 11) is 0. The number of fused-ring (bicyclic) bond motifs is 1. The van der Waals surface area contributed by atoms with Crippen molar-refractivity contribution in [3.63, 3.8) is 0 Å². The van der Waals surface area contributed by atoms with Gasteiger partial charge in [0.15, 0.2) is 5.69 Å². The van der Waals surface area contributed by atoms with Gasteiger partial charge in [-0.3, -0.25) is 0 Å². The van der Waals surface area contributed by atoms with Crippen molar-refractivity contribution >= 4 is 45.9 Å². The summed E-state index contributed by atoms with van der Waals surface area (Å²) in [6, 6.07) is 7.32. The molecule has 3 heterocycles. The van der Waals surface area contributed by atoms with Gasteiger partial charge in [0.05, 0.1) is 22.7 Å². The normalized spacial score (nSPS) is 14.9. The molecular weight excluding hydrogens is 428 g/mol. The molecule has 1 aliphatic rings.